The van der Waals surface area contributed by atoms with Gasteiger partial charge < -0.3 is 15.5 Å². The minimum atomic E-state index is 0.387. The molecule has 18 heavy (non-hydrogen) atoms. The van der Waals surface area contributed by atoms with Crippen molar-refractivity contribution in [1.29, 1.82) is 0 Å². The second-order valence-corrected chi connectivity index (χ2v) is 6.18. The predicted octanol–water partition coefficient (Wildman–Crippen LogP) is 2.23. The van der Waals surface area contributed by atoms with E-state index in [-0.39, 0.29) is 0 Å². The first-order chi connectivity index (χ1) is 8.52. The molecule has 4 heteroatoms. The lowest BCUT2D eigenvalue weighted by molar-refractivity contribution is 0.234. The molecule has 1 fully saturated rings. The van der Waals surface area contributed by atoms with Crippen LogP contribution in [0.2, 0.25) is 0 Å². The SMILES string of the molecule is Cc1ccc(N2C(C)CN(C)CC2CN)c(Br)c1. The van der Waals surface area contributed by atoms with E-state index < -0.39 is 0 Å². The van der Waals surface area contributed by atoms with Gasteiger partial charge in [0.05, 0.1) is 11.7 Å². The van der Waals surface area contributed by atoms with Crippen molar-refractivity contribution in [1.82, 2.24) is 4.90 Å². The lowest BCUT2D eigenvalue weighted by atomic mass is 10.1. The van der Waals surface area contributed by atoms with Crippen LogP contribution in [-0.4, -0.2) is 43.7 Å². The molecule has 1 aliphatic rings. The minimum absolute atomic E-state index is 0.387. The van der Waals surface area contributed by atoms with Crippen LogP contribution in [0.5, 0.6) is 0 Å². The van der Waals surface area contributed by atoms with Crippen molar-refractivity contribution >= 4 is 21.6 Å². The van der Waals surface area contributed by atoms with Crippen LogP contribution in [-0.2, 0) is 0 Å². The van der Waals surface area contributed by atoms with Gasteiger partial charge in [-0.25, -0.2) is 0 Å². The van der Waals surface area contributed by atoms with Gasteiger partial charge in [-0.3, -0.25) is 0 Å². The molecule has 1 aliphatic heterocycles. The van der Waals surface area contributed by atoms with Crippen LogP contribution in [0.1, 0.15) is 12.5 Å². The quantitative estimate of drug-likeness (QED) is 0.909. The summed E-state index contributed by atoms with van der Waals surface area (Å²) in [6.45, 7) is 7.18. The van der Waals surface area contributed by atoms with E-state index in [1.807, 2.05) is 0 Å². The van der Waals surface area contributed by atoms with E-state index in [2.05, 4.69) is 64.8 Å². The maximum absolute atomic E-state index is 5.95. The zero-order valence-electron chi connectivity index (χ0n) is 11.4. The molecule has 0 amide bonds. The van der Waals surface area contributed by atoms with Crippen LogP contribution in [0.15, 0.2) is 22.7 Å². The minimum Gasteiger partial charge on any atom is -0.361 e. The van der Waals surface area contributed by atoms with Crippen molar-refractivity contribution in [3.05, 3.63) is 28.2 Å². The van der Waals surface area contributed by atoms with Gasteiger partial charge in [0, 0.05) is 30.1 Å². The Morgan fingerprint density at radius 2 is 2.11 bits per heavy atom. The van der Waals surface area contributed by atoms with Crippen molar-refractivity contribution in [3.63, 3.8) is 0 Å². The summed E-state index contributed by atoms with van der Waals surface area (Å²) in [6, 6.07) is 7.41. The van der Waals surface area contributed by atoms with Gasteiger partial charge in [-0.15, -0.1) is 0 Å². The van der Waals surface area contributed by atoms with E-state index in [9.17, 15) is 0 Å². The summed E-state index contributed by atoms with van der Waals surface area (Å²) in [7, 11) is 2.17. The van der Waals surface area contributed by atoms with Gasteiger partial charge in [-0.05, 0) is 54.5 Å². The number of benzene rings is 1. The second kappa shape index (κ2) is 5.59. The Labute approximate surface area is 118 Å². The van der Waals surface area contributed by atoms with E-state index in [0.717, 1.165) is 17.6 Å². The normalized spacial score (nSPS) is 25.5. The van der Waals surface area contributed by atoms with Crippen LogP contribution in [0.3, 0.4) is 0 Å². The molecule has 2 unspecified atom stereocenters. The van der Waals surface area contributed by atoms with Crippen LogP contribution in [0.25, 0.3) is 0 Å². The highest BCUT2D eigenvalue weighted by Crippen LogP contribution is 2.32. The first-order valence-electron chi connectivity index (χ1n) is 6.46. The van der Waals surface area contributed by atoms with Crippen LogP contribution in [0.4, 0.5) is 5.69 Å². The third-order valence-corrected chi connectivity index (χ3v) is 4.26. The summed E-state index contributed by atoms with van der Waals surface area (Å²) in [5.74, 6) is 0. The number of hydrogen-bond acceptors (Lipinski definition) is 3. The highest BCUT2D eigenvalue weighted by Gasteiger charge is 2.30. The molecule has 1 saturated heterocycles. The van der Waals surface area contributed by atoms with Crippen LogP contribution < -0.4 is 10.6 Å². The highest BCUT2D eigenvalue weighted by molar-refractivity contribution is 9.10. The third-order valence-electron chi connectivity index (χ3n) is 3.62. The van der Waals surface area contributed by atoms with Gasteiger partial charge in [0.2, 0.25) is 0 Å². The first-order valence-corrected chi connectivity index (χ1v) is 7.25. The van der Waals surface area contributed by atoms with E-state index in [1.54, 1.807) is 0 Å². The zero-order chi connectivity index (χ0) is 13.3. The number of nitrogens with zero attached hydrogens (tertiary/aromatic N) is 2. The Hall–Kier alpha value is -0.580. The van der Waals surface area contributed by atoms with Crippen molar-refractivity contribution in [2.75, 3.05) is 31.6 Å². The van der Waals surface area contributed by atoms with Gasteiger partial charge >= 0.3 is 0 Å². The fourth-order valence-electron chi connectivity index (χ4n) is 2.86. The third kappa shape index (κ3) is 2.71. The molecule has 0 aromatic heterocycles. The first kappa shape index (κ1) is 13.8. The Kier molecular flexibility index (Phi) is 4.30. The highest BCUT2D eigenvalue weighted by atomic mass is 79.9. The number of rotatable bonds is 2. The molecular formula is C14H22BrN3. The zero-order valence-corrected chi connectivity index (χ0v) is 12.9. The lowest BCUT2D eigenvalue weighted by Gasteiger charge is -2.46. The monoisotopic (exact) mass is 311 g/mol. The van der Waals surface area contributed by atoms with E-state index in [4.69, 9.17) is 5.73 Å². The van der Waals surface area contributed by atoms with Crippen LogP contribution >= 0.6 is 15.9 Å². The van der Waals surface area contributed by atoms with Crippen molar-refractivity contribution in [2.24, 2.45) is 5.73 Å². The molecule has 0 aliphatic carbocycles. The molecule has 2 N–H and O–H groups in total. The van der Waals surface area contributed by atoms with Crippen molar-refractivity contribution in [2.45, 2.75) is 25.9 Å². The molecule has 0 spiro atoms. The largest absolute Gasteiger partial charge is 0.361 e. The van der Waals surface area contributed by atoms with E-state index in [1.165, 1.54) is 11.3 Å². The number of likely N-dealkylation sites (N-methyl/N-ethyl adjacent to an activating group) is 1. The molecule has 2 atom stereocenters. The van der Waals surface area contributed by atoms with Crippen LogP contribution in [0, 0.1) is 6.92 Å². The van der Waals surface area contributed by atoms with Gasteiger partial charge in [-0.2, -0.15) is 0 Å². The maximum Gasteiger partial charge on any atom is 0.0543 e. The number of hydrogen-bond donors (Lipinski definition) is 1. The van der Waals surface area contributed by atoms with Crippen molar-refractivity contribution in [3.8, 4) is 0 Å². The molecule has 100 valence electrons. The Morgan fingerprint density at radius 1 is 1.39 bits per heavy atom. The number of halogens is 1. The number of nitrogens with two attached hydrogens (primary N) is 1. The molecule has 0 bridgehead atoms. The molecular weight excluding hydrogens is 290 g/mol. The summed E-state index contributed by atoms with van der Waals surface area (Å²) in [5, 5.41) is 0. The molecule has 3 nitrogen and oxygen atoms in total. The molecule has 1 aromatic rings. The predicted molar refractivity (Wildman–Crippen MR) is 81.2 cm³/mol. The smallest absolute Gasteiger partial charge is 0.0543 e. The van der Waals surface area contributed by atoms with Gasteiger partial charge in [0.15, 0.2) is 0 Å². The number of aryl methyl sites for hydroxylation is 1. The average Bonchev–Trinajstić information content (AvgIpc) is 2.29. The Morgan fingerprint density at radius 3 is 2.72 bits per heavy atom. The Balaban J connectivity index is 2.34. The maximum atomic E-state index is 5.95. The Bertz CT molecular complexity index is 422. The molecule has 2 rings (SSSR count). The summed E-state index contributed by atoms with van der Waals surface area (Å²) in [4.78, 5) is 4.82. The van der Waals surface area contributed by atoms with E-state index in [0.29, 0.717) is 18.6 Å². The average molecular weight is 312 g/mol. The summed E-state index contributed by atoms with van der Waals surface area (Å²) in [5.41, 5.74) is 8.49. The second-order valence-electron chi connectivity index (χ2n) is 5.32. The number of piperazine rings is 1. The van der Waals surface area contributed by atoms with Crippen molar-refractivity contribution < 1.29 is 0 Å². The van der Waals surface area contributed by atoms with Gasteiger partial charge in [-0.1, -0.05) is 6.07 Å². The molecule has 0 saturated carbocycles. The van der Waals surface area contributed by atoms with Gasteiger partial charge in [0.25, 0.3) is 0 Å². The summed E-state index contributed by atoms with van der Waals surface area (Å²) in [6.07, 6.45) is 0. The van der Waals surface area contributed by atoms with E-state index >= 15 is 0 Å². The number of anilines is 1. The summed E-state index contributed by atoms with van der Waals surface area (Å²) < 4.78 is 1.16. The standard InChI is InChI=1S/C14H22BrN3/c1-10-4-5-14(13(15)6-10)18-11(2)8-17(3)9-12(18)7-16/h4-6,11-12H,7-9,16H2,1-3H3. The fourth-order valence-corrected chi connectivity index (χ4v) is 3.56. The van der Waals surface area contributed by atoms with Gasteiger partial charge in [0.1, 0.15) is 0 Å². The fraction of sp³-hybridized carbons (Fsp3) is 0.571. The lowest BCUT2D eigenvalue weighted by Crippen LogP contribution is -2.59. The molecule has 0 radical (unpaired) electrons. The topological polar surface area (TPSA) is 32.5 Å². The molecule has 1 aromatic carbocycles. The summed E-state index contributed by atoms with van der Waals surface area (Å²) >= 11 is 3.69. The molecule has 1 heterocycles.